The Morgan fingerprint density at radius 2 is 1.80 bits per heavy atom. The number of hydrogen-bond acceptors (Lipinski definition) is 6. The number of nitrogens with one attached hydrogen (secondary N) is 1. The quantitative estimate of drug-likeness (QED) is 0.271. The van der Waals surface area contributed by atoms with E-state index in [2.05, 4.69) is 21.8 Å². The number of carbonyl (C=O) groups excluding carboxylic acids is 1. The van der Waals surface area contributed by atoms with Crippen LogP contribution in [-0.2, 0) is 4.79 Å². The van der Waals surface area contributed by atoms with E-state index in [1.807, 2.05) is 24.3 Å². The van der Waals surface area contributed by atoms with Gasteiger partial charge in [0, 0.05) is 43.2 Å². The number of phenolic OH excluding ortho intramolecular Hbond substituents is 1. The fourth-order valence-electron chi connectivity index (χ4n) is 5.93. The number of carbonyl (C=O) groups is 1. The number of aromatic hydroxyl groups is 1. The zero-order chi connectivity index (χ0) is 27.8. The minimum absolute atomic E-state index is 0.0271. The summed E-state index contributed by atoms with van der Waals surface area (Å²) >= 11 is 6.81. The van der Waals surface area contributed by atoms with Crippen LogP contribution in [0.15, 0.2) is 55.1 Å². The minimum atomic E-state index is -0.561. The third kappa shape index (κ3) is 4.92. The Balaban J connectivity index is 1.50. The van der Waals surface area contributed by atoms with Gasteiger partial charge in [-0.25, -0.2) is 9.37 Å². The average molecular weight is 560 g/mol. The molecule has 0 atom stereocenters. The van der Waals surface area contributed by atoms with Crippen molar-refractivity contribution in [3.63, 3.8) is 0 Å². The lowest BCUT2D eigenvalue weighted by Crippen LogP contribution is -2.48. The summed E-state index contributed by atoms with van der Waals surface area (Å²) in [4.78, 5) is 25.5. The summed E-state index contributed by atoms with van der Waals surface area (Å²) < 4.78 is 16.6. The Hall–Kier alpha value is -3.91. The van der Waals surface area contributed by atoms with Crippen molar-refractivity contribution in [3.8, 4) is 16.9 Å². The highest BCUT2D eigenvalue weighted by atomic mass is 35.5. The van der Waals surface area contributed by atoms with Crippen LogP contribution in [-0.4, -0.2) is 58.1 Å². The van der Waals surface area contributed by atoms with E-state index in [-0.39, 0.29) is 33.8 Å². The highest BCUT2D eigenvalue weighted by molar-refractivity contribution is 6.35. The second kappa shape index (κ2) is 10.9. The van der Waals surface area contributed by atoms with Crippen molar-refractivity contribution in [2.24, 2.45) is 0 Å². The number of halogens is 2. The van der Waals surface area contributed by atoms with Crippen molar-refractivity contribution in [1.82, 2.24) is 14.9 Å². The molecule has 1 amide bonds. The first kappa shape index (κ1) is 26.3. The highest BCUT2D eigenvalue weighted by Gasteiger charge is 2.27. The molecule has 3 aromatic carbocycles. The monoisotopic (exact) mass is 559 g/mol. The molecule has 1 saturated carbocycles. The van der Waals surface area contributed by atoms with Gasteiger partial charge in [0.2, 0.25) is 11.9 Å². The van der Waals surface area contributed by atoms with Gasteiger partial charge >= 0.3 is 0 Å². The van der Waals surface area contributed by atoms with Crippen LogP contribution in [0.5, 0.6) is 5.75 Å². The second-order valence-corrected chi connectivity index (χ2v) is 10.9. The third-order valence-corrected chi connectivity index (χ3v) is 8.28. The molecule has 7 nitrogen and oxygen atoms in total. The predicted molar refractivity (Wildman–Crippen MR) is 159 cm³/mol. The lowest BCUT2D eigenvalue weighted by Gasteiger charge is -2.35. The molecule has 4 aromatic rings. The maximum absolute atomic E-state index is 16.6. The maximum Gasteiger partial charge on any atom is 0.246 e. The van der Waals surface area contributed by atoms with Crippen LogP contribution in [0.4, 0.5) is 16.2 Å². The van der Waals surface area contributed by atoms with E-state index in [4.69, 9.17) is 16.6 Å². The lowest BCUT2D eigenvalue weighted by atomic mass is 9.95. The molecule has 0 unspecified atom stereocenters. The zero-order valence-electron chi connectivity index (χ0n) is 22.2. The van der Waals surface area contributed by atoms with Gasteiger partial charge in [-0.2, -0.15) is 4.98 Å². The van der Waals surface area contributed by atoms with Gasteiger partial charge in [0.1, 0.15) is 17.1 Å². The normalized spacial score (nSPS) is 16.4. The SMILES string of the molecule is C=CC(=O)N1CCN(c2nc(NC3CCCCC3)nc3c(F)c(-c4cc(O)cc5ccccc45)c(Cl)cc23)CC1. The van der Waals surface area contributed by atoms with Crippen LogP contribution >= 0.6 is 11.6 Å². The summed E-state index contributed by atoms with van der Waals surface area (Å²) in [5, 5.41) is 16.2. The third-order valence-electron chi connectivity index (χ3n) is 7.98. The minimum Gasteiger partial charge on any atom is -0.508 e. The number of phenols is 1. The predicted octanol–water partition coefficient (Wildman–Crippen LogP) is 6.53. The molecule has 6 rings (SSSR count). The molecular weight excluding hydrogens is 529 g/mol. The van der Waals surface area contributed by atoms with Crippen LogP contribution in [0.2, 0.25) is 5.02 Å². The van der Waals surface area contributed by atoms with Crippen molar-refractivity contribution < 1.29 is 14.3 Å². The van der Waals surface area contributed by atoms with E-state index in [0.717, 1.165) is 36.5 Å². The van der Waals surface area contributed by atoms with Crippen molar-refractivity contribution in [2.45, 2.75) is 38.1 Å². The molecule has 1 aliphatic carbocycles. The molecular formula is C31H31ClFN5O2. The Morgan fingerprint density at radius 3 is 2.55 bits per heavy atom. The Bertz CT molecular complexity index is 1610. The maximum atomic E-state index is 16.6. The van der Waals surface area contributed by atoms with Gasteiger partial charge in [0.25, 0.3) is 0 Å². The number of fused-ring (bicyclic) bond motifs is 2. The summed E-state index contributed by atoms with van der Waals surface area (Å²) in [7, 11) is 0. The molecule has 2 aliphatic rings. The Kier molecular flexibility index (Phi) is 7.19. The molecule has 40 heavy (non-hydrogen) atoms. The lowest BCUT2D eigenvalue weighted by molar-refractivity contribution is -0.126. The van der Waals surface area contributed by atoms with Gasteiger partial charge in [0.15, 0.2) is 5.82 Å². The molecule has 0 radical (unpaired) electrons. The van der Waals surface area contributed by atoms with Gasteiger partial charge in [-0.3, -0.25) is 4.79 Å². The molecule has 2 heterocycles. The number of nitrogens with zero attached hydrogens (tertiary/aromatic N) is 4. The first-order chi connectivity index (χ1) is 19.4. The van der Waals surface area contributed by atoms with Crippen LogP contribution in [0.1, 0.15) is 32.1 Å². The van der Waals surface area contributed by atoms with Crippen LogP contribution in [0.3, 0.4) is 0 Å². The number of aromatic nitrogens is 2. The van der Waals surface area contributed by atoms with E-state index in [1.165, 1.54) is 18.6 Å². The number of piperazine rings is 1. The van der Waals surface area contributed by atoms with Gasteiger partial charge in [0.05, 0.1) is 5.02 Å². The van der Waals surface area contributed by atoms with Gasteiger partial charge in [-0.1, -0.05) is 61.7 Å². The number of hydrogen-bond donors (Lipinski definition) is 2. The number of amides is 1. The van der Waals surface area contributed by atoms with E-state index >= 15 is 4.39 Å². The highest BCUT2D eigenvalue weighted by Crippen LogP contribution is 2.42. The summed E-state index contributed by atoms with van der Waals surface area (Å²) in [6, 6.07) is 12.6. The van der Waals surface area contributed by atoms with Gasteiger partial charge in [-0.05, 0) is 53.5 Å². The van der Waals surface area contributed by atoms with Crippen molar-refractivity contribution in [3.05, 3.63) is 66.0 Å². The standard InChI is InChI=1S/C31H31ClFN5O2/c1-2-26(40)37-12-14-38(15-13-37)30-24-18-25(32)27(23-17-21(39)16-19-8-6-7-11-22(19)23)28(33)29(24)35-31(36-30)34-20-9-4-3-5-10-20/h2,6-8,11,16-18,20,39H,1,3-5,9-10,12-15H2,(H,34,35,36). The largest absolute Gasteiger partial charge is 0.508 e. The fraction of sp³-hybridized carbons (Fsp3) is 0.323. The molecule has 1 saturated heterocycles. The Labute approximate surface area is 237 Å². The smallest absolute Gasteiger partial charge is 0.246 e. The summed E-state index contributed by atoms with van der Waals surface area (Å²) in [5.41, 5.74) is 0.856. The van der Waals surface area contributed by atoms with Gasteiger partial charge in [-0.15, -0.1) is 0 Å². The van der Waals surface area contributed by atoms with Crippen LogP contribution in [0.25, 0.3) is 32.8 Å². The molecule has 1 aromatic heterocycles. The van der Waals surface area contributed by atoms with Crippen LogP contribution in [0, 0.1) is 5.82 Å². The number of rotatable bonds is 5. The fourth-order valence-corrected chi connectivity index (χ4v) is 6.23. The average Bonchev–Trinajstić information content (AvgIpc) is 2.97. The molecule has 0 bridgehead atoms. The summed E-state index contributed by atoms with van der Waals surface area (Å²) in [5.74, 6) is 0.325. The van der Waals surface area contributed by atoms with E-state index in [0.29, 0.717) is 48.9 Å². The Morgan fingerprint density at radius 1 is 1.05 bits per heavy atom. The van der Waals surface area contributed by atoms with Crippen molar-refractivity contribution >= 4 is 50.9 Å². The number of anilines is 2. The molecule has 0 spiro atoms. The molecule has 1 aliphatic heterocycles. The summed E-state index contributed by atoms with van der Waals surface area (Å²) in [6.45, 7) is 5.67. The van der Waals surface area contributed by atoms with E-state index < -0.39 is 5.82 Å². The van der Waals surface area contributed by atoms with E-state index in [1.54, 1.807) is 17.0 Å². The molecule has 2 fully saturated rings. The van der Waals surface area contributed by atoms with Crippen molar-refractivity contribution in [1.29, 1.82) is 0 Å². The zero-order valence-corrected chi connectivity index (χ0v) is 22.9. The number of benzene rings is 3. The molecule has 9 heteroatoms. The van der Waals surface area contributed by atoms with Crippen LogP contribution < -0.4 is 10.2 Å². The summed E-state index contributed by atoms with van der Waals surface area (Å²) in [6.07, 6.45) is 6.84. The molecule has 2 N–H and O–H groups in total. The first-order valence-electron chi connectivity index (χ1n) is 13.8. The first-order valence-corrected chi connectivity index (χ1v) is 14.2. The molecule has 206 valence electrons. The topological polar surface area (TPSA) is 81.6 Å². The second-order valence-electron chi connectivity index (χ2n) is 10.5. The van der Waals surface area contributed by atoms with Crippen molar-refractivity contribution in [2.75, 3.05) is 36.4 Å². The van der Waals surface area contributed by atoms with E-state index in [9.17, 15) is 9.90 Å². The van der Waals surface area contributed by atoms with Gasteiger partial charge < -0.3 is 20.2 Å².